The Bertz CT molecular complexity index is 199. The highest BCUT2D eigenvalue weighted by atomic mass is 16.1. The van der Waals surface area contributed by atoms with Crippen LogP contribution < -0.4 is 5.32 Å². The Kier molecular flexibility index (Phi) is 6.97. The van der Waals surface area contributed by atoms with Crippen LogP contribution in [0.25, 0.3) is 0 Å². The van der Waals surface area contributed by atoms with Gasteiger partial charge in [-0.3, -0.25) is 4.79 Å². The SMILES string of the molecule is O=C1CCC/C=C\CCCCCCCN1. The molecule has 1 N–H and O–H groups in total. The van der Waals surface area contributed by atoms with Crippen molar-refractivity contribution in [1.82, 2.24) is 5.32 Å². The van der Waals surface area contributed by atoms with Gasteiger partial charge in [0.25, 0.3) is 0 Å². The van der Waals surface area contributed by atoms with E-state index in [1.54, 1.807) is 0 Å². The summed E-state index contributed by atoms with van der Waals surface area (Å²) < 4.78 is 0. The Morgan fingerprint density at radius 1 is 0.867 bits per heavy atom. The minimum Gasteiger partial charge on any atom is -0.356 e. The summed E-state index contributed by atoms with van der Waals surface area (Å²) in [4.78, 5) is 11.3. The maximum absolute atomic E-state index is 11.3. The summed E-state index contributed by atoms with van der Waals surface area (Å²) in [5, 5.41) is 2.97. The molecule has 0 saturated carbocycles. The zero-order valence-electron chi connectivity index (χ0n) is 9.63. The van der Waals surface area contributed by atoms with E-state index in [1.165, 1.54) is 32.1 Å². The van der Waals surface area contributed by atoms with Crippen LogP contribution in [0.5, 0.6) is 0 Å². The molecule has 2 nitrogen and oxygen atoms in total. The van der Waals surface area contributed by atoms with Crippen molar-refractivity contribution in [2.75, 3.05) is 6.54 Å². The lowest BCUT2D eigenvalue weighted by molar-refractivity contribution is -0.121. The van der Waals surface area contributed by atoms with Gasteiger partial charge in [-0.15, -0.1) is 0 Å². The maximum Gasteiger partial charge on any atom is 0.220 e. The molecule has 1 aliphatic heterocycles. The van der Waals surface area contributed by atoms with Gasteiger partial charge in [-0.1, -0.05) is 31.4 Å². The zero-order chi connectivity index (χ0) is 10.8. The second-order valence-electron chi connectivity index (χ2n) is 4.27. The minimum atomic E-state index is 0.223. The van der Waals surface area contributed by atoms with Crippen LogP contribution in [0.15, 0.2) is 12.2 Å². The topological polar surface area (TPSA) is 29.1 Å². The first-order valence-electron chi connectivity index (χ1n) is 6.31. The second kappa shape index (κ2) is 8.51. The van der Waals surface area contributed by atoms with Gasteiger partial charge in [-0.2, -0.15) is 0 Å². The minimum absolute atomic E-state index is 0.223. The molecule has 0 aromatic rings. The molecule has 0 spiro atoms. The smallest absolute Gasteiger partial charge is 0.220 e. The summed E-state index contributed by atoms with van der Waals surface area (Å²) >= 11 is 0. The molecular formula is C13H23NO. The van der Waals surface area contributed by atoms with E-state index in [4.69, 9.17) is 0 Å². The third-order valence-electron chi connectivity index (χ3n) is 2.81. The van der Waals surface area contributed by atoms with Crippen LogP contribution in [-0.2, 0) is 4.79 Å². The van der Waals surface area contributed by atoms with Crippen LogP contribution in [0.4, 0.5) is 0 Å². The normalized spacial score (nSPS) is 23.9. The van der Waals surface area contributed by atoms with E-state index in [9.17, 15) is 4.79 Å². The fourth-order valence-corrected chi connectivity index (χ4v) is 1.85. The average Bonchev–Trinajstić information content (AvgIpc) is 2.24. The molecule has 0 bridgehead atoms. The fourth-order valence-electron chi connectivity index (χ4n) is 1.85. The first-order chi connectivity index (χ1) is 7.39. The van der Waals surface area contributed by atoms with Crippen molar-refractivity contribution >= 4 is 5.91 Å². The number of hydrogen-bond donors (Lipinski definition) is 1. The van der Waals surface area contributed by atoms with Gasteiger partial charge in [0.1, 0.15) is 0 Å². The van der Waals surface area contributed by atoms with Crippen molar-refractivity contribution in [3.05, 3.63) is 12.2 Å². The van der Waals surface area contributed by atoms with Crippen LogP contribution in [0.1, 0.15) is 57.8 Å². The van der Waals surface area contributed by atoms with E-state index >= 15 is 0 Å². The largest absolute Gasteiger partial charge is 0.356 e. The molecule has 15 heavy (non-hydrogen) atoms. The van der Waals surface area contributed by atoms with Crippen molar-refractivity contribution in [3.8, 4) is 0 Å². The number of amides is 1. The van der Waals surface area contributed by atoms with Gasteiger partial charge >= 0.3 is 0 Å². The molecule has 0 unspecified atom stereocenters. The van der Waals surface area contributed by atoms with Crippen molar-refractivity contribution in [2.45, 2.75) is 57.8 Å². The number of rotatable bonds is 0. The third kappa shape index (κ3) is 7.18. The molecule has 1 amide bonds. The van der Waals surface area contributed by atoms with Crippen LogP contribution in [0, 0.1) is 0 Å². The molecule has 1 heterocycles. The summed E-state index contributed by atoms with van der Waals surface area (Å²) in [5.74, 6) is 0.223. The molecule has 0 radical (unpaired) electrons. The molecule has 0 atom stereocenters. The molecule has 2 heteroatoms. The predicted octanol–water partition coefficient (Wildman–Crippen LogP) is 3.18. The number of allylic oxidation sites excluding steroid dienone is 2. The first kappa shape index (κ1) is 12.3. The zero-order valence-corrected chi connectivity index (χ0v) is 9.63. The number of hydrogen-bond acceptors (Lipinski definition) is 1. The number of nitrogens with one attached hydrogen (secondary N) is 1. The molecule has 1 rings (SSSR count). The van der Waals surface area contributed by atoms with Crippen molar-refractivity contribution in [1.29, 1.82) is 0 Å². The highest BCUT2D eigenvalue weighted by molar-refractivity contribution is 5.75. The Morgan fingerprint density at radius 2 is 1.53 bits per heavy atom. The molecule has 0 aromatic heterocycles. The average molecular weight is 209 g/mol. The van der Waals surface area contributed by atoms with Crippen LogP contribution in [0.2, 0.25) is 0 Å². The van der Waals surface area contributed by atoms with Crippen LogP contribution >= 0.6 is 0 Å². The maximum atomic E-state index is 11.3. The monoisotopic (exact) mass is 209 g/mol. The highest BCUT2D eigenvalue weighted by Crippen LogP contribution is 2.07. The lowest BCUT2D eigenvalue weighted by Gasteiger charge is -2.05. The van der Waals surface area contributed by atoms with Crippen LogP contribution in [0.3, 0.4) is 0 Å². The van der Waals surface area contributed by atoms with Gasteiger partial charge in [0, 0.05) is 13.0 Å². The van der Waals surface area contributed by atoms with E-state index in [0.29, 0.717) is 6.42 Å². The summed E-state index contributed by atoms with van der Waals surface area (Å²) in [7, 11) is 0. The molecule has 0 saturated heterocycles. The van der Waals surface area contributed by atoms with Gasteiger partial charge in [0.2, 0.25) is 5.91 Å². The lowest BCUT2D eigenvalue weighted by atomic mass is 10.1. The summed E-state index contributed by atoms with van der Waals surface area (Å²) in [6, 6.07) is 0. The van der Waals surface area contributed by atoms with E-state index in [-0.39, 0.29) is 5.91 Å². The van der Waals surface area contributed by atoms with Gasteiger partial charge in [0.05, 0.1) is 0 Å². The highest BCUT2D eigenvalue weighted by Gasteiger charge is 1.99. The summed E-state index contributed by atoms with van der Waals surface area (Å²) in [5.41, 5.74) is 0. The van der Waals surface area contributed by atoms with Gasteiger partial charge in [-0.05, 0) is 32.1 Å². The molecule has 0 aliphatic carbocycles. The summed E-state index contributed by atoms with van der Waals surface area (Å²) in [6.07, 6.45) is 14.8. The first-order valence-corrected chi connectivity index (χ1v) is 6.31. The fraction of sp³-hybridized carbons (Fsp3) is 0.769. The van der Waals surface area contributed by atoms with Crippen molar-refractivity contribution in [3.63, 3.8) is 0 Å². The van der Waals surface area contributed by atoms with Crippen molar-refractivity contribution in [2.24, 2.45) is 0 Å². The Morgan fingerprint density at radius 3 is 2.40 bits per heavy atom. The Hall–Kier alpha value is -0.790. The van der Waals surface area contributed by atoms with Crippen molar-refractivity contribution < 1.29 is 4.79 Å². The molecule has 86 valence electrons. The van der Waals surface area contributed by atoms with E-state index in [0.717, 1.165) is 25.8 Å². The Labute approximate surface area is 93.1 Å². The van der Waals surface area contributed by atoms with Crippen LogP contribution in [-0.4, -0.2) is 12.5 Å². The second-order valence-corrected chi connectivity index (χ2v) is 4.27. The number of carbonyl (C=O) groups excluding carboxylic acids is 1. The summed E-state index contributed by atoms with van der Waals surface area (Å²) in [6.45, 7) is 0.870. The molecule has 0 aromatic carbocycles. The van der Waals surface area contributed by atoms with Gasteiger partial charge in [0.15, 0.2) is 0 Å². The standard InChI is InChI=1S/C13H23NO/c15-13-11-9-7-5-3-1-2-4-6-8-10-12-14-13/h3,5H,1-2,4,6-12H2,(H,14,15)/b5-3-. The Balaban J connectivity index is 2.21. The molecular weight excluding hydrogens is 186 g/mol. The lowest BCUT2D eigenvalue weighted by Crippen LogP contribution is -2.23. The van der Waals surface area contributed by atoms with Gasteiger partial charge in [-0.25, -0.2) is 0 Å². The predicted molar refractivity (Wildman–Crippen MR) is 63.7 cm³/mol. The van der Waals surface area contributed by atoms with E-state index in [2.05, 4.69) is 17.5 Å². The third-order valence-corrected chi connectivity index (χ3v) is 2.81. The van der Waals surface area contributed by atoms with E-state index in [1.807, 2.05) is 0 Å². The molecule has 0 fully saturated rings. The number of carbonyl (C=O) groups is 1. The quantitative estimate of drug-likeness (QED) is 0.610. The van der Waals surface area contributed by atoms with Gasteiger partial charge < -0.3 is 5.32 Å². The molecule has 1 aliphatic rings. The van der Waals surface area contributed by atoms with E-state index < -0.39 is 0 Å².